The van der Waals surface area contributed by atoms with Crippen molar-refractivity contribution in [1.82, 2.24) is 0 Å². The zero-order valence-corrected chi connectivity index (χ0v) is 10.7. The monoisotopic (exact) mass is 269 g/mol. The van der Waals surface area contributed by atoms with Crippen LogP contribution in [0.1, 0.15) is 18.1 Å². The van der Waals surface area contributed by atoms with E-state index >= 15 is 0 Å². The van der Waals surface area contributed by atoms with Crippen molar-refractivity contribution in [3.63, 3.8) is 0 Å². The van der Waals surface area contributed by atoms with Crippen molar-refractivity contribution < 1.29 is 5.11 Å². The molecule has 2 nitrogen and oxygen atoms in total. The van der Waals surface area contributed by atoms with Gasteiger partial charge in [0.1, 0.15) is 0 Å². The van der Waals surface area contributed by atoms with Crippen molar-refractivity contribution in [1.29, 1.82) is 0 Å². The van der Waals surface area contributed by atoms with Gasteiger partial charge in [-0.3, -0.25) is 0 Å². The summed E-state index contributed by atoms with van der Waals surface area (Å²) in [6.07, 6.45) is -0.503. The summed E-state index contributed by atoms with van der Waals surface area (Å²) < 4.78 is 1.10. The molecule has 2 rings (SSSR count). The average Bonchev–Trinajstić information content (AvgIpc) is 2.23. The number of hydrogen-bond donors (Lipinski definition) is 1. The molecule has 2 atom stereocenters. The summed E-state index contributed by atoms with van der Waals surface area (Å²) in [5.74, 6) is 0.319. The van der Waals surface area contributed by atoms with E-state index in [1.165, 1.54) is 11.1 Å². The molecule has 0 unspecified atom stereocenters. The van der Waals surface area contributed by atoms with Crippen molar-refractivity contribution >= 4 is 19.6 Å². The number of hydrogen-bond acceptors (Lipinski definition) is 2. The molecule has 0 aliphatic carbocycles. The summed E-state index contributed by atoms with van der Waals surface area (Å²) in [5, 5.41) is 10.8. The van der Waals surface area contributed by atoms with Crippen molar-refractivity contribution in [3.05, 3.63) is 35.4 Å². The maximum absolute atomic E-state index is 9.69. The number of rotatable bonds is 1. The first-order valence-electron chi connectivity index (χ1n) is 5.12. The third-order valence-corrected chi connectivity index (χ3v) is 5.28. The van der Waals surface area contributed by atoms with Crippen LogP contribution in [0.3, 0.4) is 0 Å². The molecule has 0 bridgehead atoms. The van der Waals surface area contributed by atoms with E-state index in [0.717, 1.165) is 9.93 Å². The van der Waals surface area contributed by atoms with Crippen LogP contribution in [-0.2, 0) is 0 Å². The fraction of sp³-hybridized carbons (Fsp3) is 0.417. The van der Waals surface area contributed by atoms with E-state index in [4.69, 9.17) is 0 Å². The van der Waals surface area contributed by atoms with Crippen molar-refractivity contribution in [2.24, 2.45) is 10.9 Å². The van der Waals surface area contributed by atoms with Gasteiger partial charge >= 0.3 is 96.4 Å². The van der Waals surface area contributed by atoms with Gasteiger partial charge in [0, 0.05) is 0 Å². The summed E-state index contributed by atoms with van der Waals surface area (Å²) in [5.41, 5.74) is 2.43. The molecule has 0 fully saturated rings. The topological polar surface area (TPSA) is 32.6 Å². The molecule has 0 saturated heterocycles. The van der Waals surface area contributed by atoms with Crippen LogP contribution >= 0.6 is 0 Å². The predicted octanol–water partition coefficient (Wildman–Crippen LogP) is 1.83. The number of aryl methyl sites for hydroxylation is 1. The van der Waals surface area contributed by atoms with E-state index in [9.17, 15) is 5.11 Å². The number of aliphatic hydroxyl groups excluding tert-OH is 1. The van der Waals surface area contributed by atoms with E-state index in [-0.39, 0.29) is 0 Å². The Morgan fingerprint density at radius 1 is 1.33 bits per heavy atom. The number of aliphatic imine (C=N–C) groups is 1. The Morgan fingerprint density at radius 3 is 2.60 bits per heavy atom. The second-order valence-electron chi connectivity index (χ2n) is 4.00. The van der Waals surface area contributed by atoms with Gasteiger partial charge in [-0.1, -0.05) is 0 Å². The van der Waals surface area contributed by atoms with E-state index < -0.39 is 6.23 Å². The zero-order valence-electron chi connectivity index (χ0n) is 8.97. The van der Waals surface area contributed by atoms with E-state index in [0.29, 0.717) is 20.9 Å². The molecule has 1 aliphatic heterocycles. The van der Waals surface area contributed by atoms with Crippen molar-refractivity contribution in [2.75, 3.05) is 0 Å². The molecular weight excluding hydrogens is 253 g/mol. The molecule has 80 valence electrons. The number of nitrogens with zero attached hydrogens (tertiary/aromatic N) is 1. The molecule has 1 aromatic carbocycles. The Labute approximate surface area is 96.6 Å². The molecule has 15 heavy (non-hydrogen) atoms. The van der Waals surface area contributed by atoms with Crippen LogP contribution in [0.15, 0.2) is 29.3 Å². The first kappa shape index (κ1) is 10.9. The summed E-state index contributed by atoms with van der Waals surface area (Å²) in [6.45, 7) is 4.14. The Balaban J connectivity index is 2.24. The fourth-order valence-electron chi connectivity index (χ4n) is 1.44. The second kappa shape index (κ2) is 4.48. The van der Waals surface area contributed by atoms with Crippen LogP contribution in [0, 0.1) is 12.8 Å². The van der Waals surface area contributed by atoms with Gasteiger partial charge in [0.15, 0.2) is 0 Å². The van der Waals surface area contributed by atoms with Crippen molar-refractivity contribution in [2.45, 2.75) is 25.4 Å². The van der Waals surface area contributed by atoms with Gasteiger partial charge in [-0.2, -0.15) is 0 Å². The Hall–Kier alpha value is -0.631. The van der Waals surface area contributed by atoms with Gasteiger partial charge < -0.3 is 0 Å². The molecule has 3 heteroatoms. The molecule has 0 amide bonds. The third-order valence-electron chi connectivity index (χ3n) is 2.54. The van der Waals surface area contributed by atoms with Gasteiger partial charge in [-0.15, -0.1) is 0 Å². The standard InChI is InChI=1S/C12H15NOSe/c1-8-3-5-10(6-4-8)12-13-11(14)9(2)7-15-12/h3-6,9,11,14H,7H2,1-2H3/t9-,11+/m0/s1. The van der Waals surface area contributed by atoms with Crippen LogP contribution < -0.4 is 0 Å². The quantitative estimate of drug-likeness (QED) is 0.774. The average molecular weight is 268 g/mol. The number of aliphatic hydroxyl groups is 1. The summed E-state index contributed by atoms with van der Waals surface area (Å²) in [4.78, 5) is 4.36. The first-order valence-corrected chi connectivity index (χ1v) is 7.19. The Bertz CT molecular complexity index is 372. The van der Waals surface area contributed by atoms with Crippen LogP contribution in [0.4, 0.5) is 0 Å². The van der Waals surface area contributed by atoms with E-state index in [1.54, 1.807) is 0 Å². The minimum atomic E-state index is -0.503. The van der Waals surface area contributed by atoms with Crippen LogP contribution in [0.2, 0.25) is 5.32 Å². The SMILES string of the molecule is Cc1ccc(C2=N[C@H](O)[C@@H](C)C[Se]2)cc1. The summed E-state index contributed by atoms with van der Waals surface area (Å²) in [7, 11) is 0. The zero-order chi connectivity index (χ0) is 10.8. The van der Waals surface area contributed by atoms with Crippen LogP contribution in [0.25, 0.3) is 0 Å². The molecule has 0 radical (unpaired) electrons. The van der Waals surface area contributed by atoms with Crippen molar-refractivity contribution in [3.8, 4) is 0 Å². The van der Waals surface area contributed by atoms with Gasteiger partial charge in [-0.05, 0) is 0 Å². The molecule has 0 aromatic heterocycles. The van der Waals surface area contributed by atoms with Gasteiger partial charge in [0.25, 0.3) is 0 Å². The molecule has 1 heterocycles. The van der Waals surface area contributed by atoms with Gasteiger partial charge in [0.2, 0.25) is 0 Å². The van der Waals surface area contributed by atoms with Crippen LogP contribution in [-0.4, -0.2) is 30.9 Å². The summed E-state index contributed by atoms with van der Waals surface area (Å²) in [6, 6.07) is 8.38. The molecule has 1 N–H and O–H groups in total. The first-order chi connectivity index (χ1) is 7.16. The molecule has 1 aliphatic rings. The second-order valence-corrected chi connectivity index (χ2v) is 6.12. The minimum absolute atomic E-state index is 0.319. The molecular formula is C12H15NOSe. The fourth-order valence-corrected chi connectivity index (χ4v) is 3.70. The number of benzene rings is 1. The van der Waals surface area contributed by atoms with E-state index in [2.05, 4.69) is 43.1 Å². The Kier molecular flexibility index (Phi) is 3.25. The molecule has 0 saturated carbocycles. The normalized spacial score (nSPS) is 26.2. The third kappa shape index (κ3) is 2.49. The molecule has 1 aromatic rings. The summed E-state index contributed by atoms with van der Waals surface area (Å²) >= 11 is 0.411. The molecule has 0 spiro atoms. The maximum atomic E-state index is 9.69. The van der Waals surface area contributed by atoms with E-state index in [1.807, 2.05) is 0 Å². The predicted molar refractivity (Wildman–Crippen MR) is 63.4 cm³/mol. The van der Waals surface area contributed by atoms with Crippen LogP contribution in [0.5, 0.6) is 0 Å². The van der Waals surface area contributed by atoms with Gasteiger partial charge in [0.05, 0.1) is 0 Å². The van der Waals surface area contributed by atoms with Gasteiger partial charge in [-0.25, -0.2) is 0 Å². The Morgan fingerprint density at radius 2 is 2.00 bits per heavy atom.